The number of aliphatic hydroxyl groups is 2. The number of nitrogen functional groups attached to an aromatic ring is 1. The molecule has 4 heterocycles. The van der Waals surface area contributed by atoms with Gasteiger partial charge >= 0.3 is 6.09 Å². The first-order valence-corrected chi connectivity index (χ1v) is 12.9. The number of aliphatic hydroxyl groups excluding tert-OH is 2. The van der Waals surface area contributed by atoms with Crippen molar-refractivity contribution in [2.45, 2.75) is 64.6 Å². The predicted octanol–water partition coefficient (Wildman–Crippen LogP) is 0.410. The van der Waals surface area contributed by atoms with Crippen molar-refractivity contribution in [3.05, 3.63) is 12.2 Å². The average molecular weight is 530 g/mol. The Labute approximate surface area is 220 Å². The standard InChI is InChI=1S/C25H35N7O6/c1-4-27-23(35)20-18(33)19(34)24(38-20)32-13-28-17-21(26)29-16(30-22(17)32)7-5-6-15-8-10-31(11-9-15)25(36)37-12-14(2)3/h13-15,18-20,24,33-34H,4,6,8-12H2,1-3H3,(H,27,35)(H2,26,29,30)/t18?,19-,20-,24+/m0/s1. The average Bonchev–Trinajstić information content (AvgIpc) is 3.44. The minimum absolute atomic E-state index is 0.111. The first-order chi connectivity index (χ1) is 18.2. The van der Waals surface area contributed by atoms with Crippen LogP contribution in [0, 0.1) is 23.7 Å². The Hall–Kier alpha value is -3.47. The Bertz CT molecular complexity index is 1210. The van der Waals surface area contributed by atoms with Gasteiger partial charge in [0.1, 0.15) is 17.7 Å². The summed E-state index contributed by atoms with van der Waals surface area (Å²) in [5.74, 6) is 6.46. The van der Waals surface area contributed by atoms with Crippen molar-refractivity contribution < 1.29 is 29.3 Å². The van der Waals surface area contributed by atoms with Crippen molar-refractivity contribution in [2.75, 3.05) is 32.0 Å². The number of carbonyl (C=O) groups is 2. The summed E-state index contributed by atoms with van der Waals surface area (Å²) in [6.45, 7) is 7.78. The number of nitrogens with one attached hydrogen (secondary N) is 1. The van der Waals surface area contributed by atoms with E-state index in [1.54, 1.807) is 11.8 Å². The van der Waals surface area contributed by atoms with Gasteiger partial charge in [0.15, 0.2) is 23.8 Å². The topological polar surface area (TPSA) is 178 Å². The molecule has 2 fully saturated rings. The van der Waals surface area contributed by atoms with E-state index in [-0.39, 0.29) is 23.4 Å². The van der Waals surface area contributed by atoms with Gasteiger partial charge in [-0.1, -0.05) is 19.8 Å². The van der Waals surface area contributed by atoms with Gasteiger partial charge in [-0.15, -0.1) is 0 Å². The smallest absolute Gasteiger partial charge is 0.409 e. The van der Waals surface area contributed by atoms with Crippen LogP contribution in [0.4, 0.5) is 10.6 Å². The lowest BCUT2D eigenvalue weighted by molar-refractivity contribution is -0.137. The molecule has 2 saturated heterocycles. The maximum absolute atomic E-state index is 12.2. The van der Waals surface area contributed by atoms with E-state index in [0.29, 0.717) is 50.0 Å². The number of imidazole rings is 1. The zero-order chi connectivity index (χ0) is 27.4. The second kappa shape index (κ2) is 11.9. The zero-order valence-electron chi connectivity index (χ0n) is 21.8. The first kappa shape index (κ1) is 27.6. The number of nitrogens with two attached hydrogens (primary N) is 1. The number of amides is 2. The summed E-state index contributed by atoms with van der Waals surface area (Å²) >= 11 is 0. The number of carbonyl (C=O) groups excluding carboxylic acids is 2. The lowest BCUT2D eigenvalue weighted by Gasteiger charge is -2.30. The van der Waals surface area contributed by atoms with E-state index in [0.717, 1.165) is 12.8 Å². The van der Waals surface area contributed by atoms with Crippen LogP contribution in [0.1, 0.15) is 52.1 Å². The predicted molar refractivity (Wildman–Crippen MR) is 136 cm³/mol. The molecule has 0 bridgehead atoms. The Kier molecular flexibility index (Phi) is 8.65. The summed E-state index contributed by atoms with van der Waals surface area (Å²) in [5.41, 5.74) is 6.64. The number of hydrogen-bond donors (Lipinski definition) is 4. The van der Waals surface area contributed by atoms with Crippen molar-refractivity contribution in [3.8, 4) is 11.8 Å². The minimum Gasteiger partial charge on any atom is -0.449 e. The third-order valence-corrected chi connectivity index (χ3v) is 6.57. The van der Waals surface area contributed by atoms with Crippen LogP contribution in [-0.4, -0.2) is 91.2 Å². The highest BCUT2D eigenvalue weighted by molar-refractivity contribution is 5.83. The highest BCUT2D eigenvalue weighted by atomic mass is 16.6. The molecule has 13 nitrogen and oxygen atoms in total. The molecule has 4 atom stereocenters. The van der Waals surface area contributed by atoms with E-state index in [4.69, 9.17) is 15.2 Å². The zero-order valence-corrected chi connectivity index (χ0v) is 21.8. The van der Waals surface area contributed by atoms with Gasteiger partial charge < -0.3 is 35.6 Å². The molecule has 2 aromatic rings. The van der Waals surface area contributed by atoms with Crippen molar-refractivity contribution >= 4 is 29.0 Å². The van der Waals surface area contributed by atoms with Crippen molar-refractivity contribution in [1.29, 1.82) is 0 Å². The van der Waals surface area contributed by atoms with Crippen LogP contribution in [0.2, 0.25) is 0 Å². The number of likely N-dealkylation sites (N-methyl/N-ethyl adjacent to an activating group) is 1. The quantitative estimate of drug-likeness (QED) is 0.383. The van der Waals surface area contributed by atoms with Crippen LogP contribution in [0.5, 0.6) is 0 Å². The Morgan fingerprint density at radius 1 is 1.26 bits per heavy atom. The van der Waals surface area contributed by atoms with Gasteiger partial charge in [0, 0.05) is 26.1 Å². The van der Waals surface area contributed by atoms with Gasteiger partial charge in [0.05, 0.1) is 12.9 Å². The molecule has 0 saturated carbocycles. The van der Waals surface area contributed by atoms with Crippen LogP contribution in [0.15, 0.2) is 6.33 Å². The molecule has 1 unspecified atom stereocenters. The molecule has 0 spiro atoms. The summed E-state index contributed by atoms with van der Waals surface area (Å²) in [4.78, 5) is 39.0. The van der Waals surface area contributed by atoms with E-state index in [9.17, 15) is 19.8 Å². The van der Waals surface area contributed by atoms with Crippen molar-refractivity contribution in [1.82, 2.24) is 29.7 Å². The first-order valence-electron chi connectivity index (χ1n) is 12.9. The maximum Gasteiger partial charge on any atom is 0.409 e. The second-order valence-corrected chi connectivity index (χ2v) is 9.99. The fourth-order valence-electron chi connectivity index (χ4n) is 4.48. The molecule has 0 aliphatic carbocycles. The van der Waals surface area contributed by atoms with E-state index in [2.05, 4.69) is 32.1 Å². The van der Waals surface area contributed by atoms with E-state index < -0.39 is 30.4 Å². The van der Waals surface area contributed by atoms with Gasteiger partial charge in [-0.2, -0.15) is 0 Å². The van der Waals surface area contributed by atoms with Gasteiger partial charge in [0.25, 0.3) is 5.91 Å². The monoisotopic (exact) mass is 529 g/mol. The summed E-state index contributed by atoms with van der Waals surface area (Å²) in [6.07, 6.45) is -1.79. The number of rotatable bonds is 6. The number of anilines is 1. The number of ether oxygens (including phenoxy) is 2. The molecule has 2 aromatic heterocycles. The van der Waals surface area contributed by atoms with Gasteiger partial charge in [-0.25, -0.2) is 19.7 Å². The minimum atomic E-state index is -1.43. The number of hydrogen-bond acceptors (Lipinski definition) is 10. The summed E-state index contributed by atoms with van der Waals surface area (Å²) in [7, 11) is 0. The molecule has 0 radical (unpaired) electrons. The summed E-state index contributed by atoms with van der Waals surface area (Å²) in [6, 6.07) is 0. The number of piperidine rings is 1. The van der Waals surface area contributed by atoms with Gasteiger partial charge in [-0.05, 0) is 37.5 Å². The third-order valence-electron chi connectivity index (χ3n) is 6.57. The fourth-order valence-corrected chi connectivity index (χ4v) is 4.48. The normalized spacial score (nSPS) is 23.9. The number of likely N-dealkylation sites (tertiary alicyclic amines) is 1. The number of nitrogens with zero attached hydrogens (tertiary/aromatic N) is 5. The lowest BCUT2D eigenvalue weighted by Crippen LogP contribution is -2.42. The Morgan fingerprint density at radius 3 is 2.68 bits per heavy atom. The maximum atomic E-state index is 12.2. The second-order valence-electron chi connectivity index (χ2n) is 9.99. The molecule has 0 aromatic carbocycles. The van der Waals surface area contributed by atoms with E-state index in [1.165, 1.54) is 10.9 Å². The SMILES string of the molecule is CCNC(=O)[C@H]1O[C@@H](n2cnc3c(N)nc(C#CCC4CCN(C(=O)OCC(C)C)CC4)nc32)[C@@H](O)C1O. The lowest BCUT2D eigenvalue weighted by atomic mass is 9.94. The third kappa shape index (κ3) is 5.98. The largest absolute Gasteiger partial charge is 0.449 e. The molecule has 2 aliphatic rings. The molecule has 38 heavy (non-hydrogen) atoms. The van der Waals surface area contributed by atoms with E-state index >= 15 is 0 Å². The highest BCUT2D eigenvalue weighted by Crippen LogP contribution is 2.32. The molecule has 4 rings (SSSR count). The van der Waals surface area contributed by atoms with Crippen LogP contribution >= 0.6 is 0 Å². The van der Waals surface area contributed by atoms with Gasteiger partial charge in [0.2, 0.25) is 5.82 Å². The molecule has 5 N–H and O–H groups in total. The van der Waals surface area contributed by atoms with Crippen LogP contribution < -0.4 is 11.1 Å². The van der Waals surface area contributed by atoms with Crippen LogP contribution in [0.25, 0.3) is 11.2 Å². The summed E-state index contributed by atoms with van der Waals surface area (Å²) in [5, 5.41) is 23.5. The molecule has 206 valence electrons. The summed E-state index contributed by atoms with van der Waals surface area (Å²) < 4.78 is 12.4. The number of aromatic nitrogens is 4. The van der Waals surface area contributed by atoms with Crippen molar-refractivity contribution in [3.63, 3.8) is 0 Å². The highest BCUT2D eigenvalue weighted by Gasteiger charge is 2.47. The van der Waals surface area contributed by atoms with Crippen molar-refractivity contribution in [2.24, 2.45) is 11.8 Å². The Morgan fingerprint density at radius 2 is 2.00 bits per heavy atom. The van der Waals surface area contributed by atoms with Crippen LogP contribution in [0.3, 0.4) is 0 Å². The van der Waals surface area contributed by atoms with Crippen LogP contribution in [-0.2, 0) is 14.3 Å². The fraction of sp³-hybridized carbons (Fsp3) is 0.640. The molecule has 13 heteroatoms. The molecule has 2 amide bonds. The van der Waals surface area contributed by atoms with Gasteiger partial charge in [-0.3, -0.25) is 9.36 Å². The molecular formula is C25H35N7O6. The molecular weight excluding hydrogens is 494 g/mol. The number of fused-ring (bicyclic) bond motifs is 1. The Balaban J connectivity index is 1.42. The van der Waals surface area contributed by atoms with E-state index in [1.807, 2.05) is 13.8 Å². The molecule has 2 aliphatic heterocycles.